The van der Waals surface area contributed by atoms with Gasteiger partial charge in [0.05, 0.1) is 27.2 Å². The van der Waals surface area contributed by atoms with Crippen LogP contribution >= 0.6 is 0 Å². The average Bonchev–Trinajstić information content (AvgIpc) is 2.40. The molecule has 0 amide bonds. The van der Waals surface area contributed by atoms with Crippen LogP contribution in [-0.4, -0.2) is 44.2 Å². The van der Waals surface area contributed by atoms with E-state index in [4.69, 9.17) is 4.74 Å². The predicted molar refractivity (Wildman–Crippen MR) is 90.3 cm³/mol. The first-order chi connectivity index (χ1) is 10.0. The van der Waals surface area contributed by atoms with Gasteiger partial charge in [-0.1, -0.05) is 58.3 Å². The summed E-state index contributed by atoms with van der Waals surface area (Å²) in [5, 5.41) is 0. The zero-order chi connectivity index (χ0) is 16.0. The van der Waals surface area contributed by atoms with Crippen LogP contribution in [-0.2, 0) is 9.53 Å². The largest absolute Gasteiger partial charge is 1.00 e. The van der Waals surface area contributed by atoms with Gasteiger partial charge >= 0.3 is 5.97 Å². The minimum absolute atomic E-state index is 0. The monoisotopic (exact) mass is 379 g/mol. The Kier molecular flexibility index (Phi) is 17.3. The van der Waals surface area contributed by atoms with E-state index in [2.05, 4.69) is 21.0 Å². The van der Waals surface area contributed by atoms with E-state index >= 15 is 0 Å². The zero-order valence-corrected chi connectivity index (χ0v) is 16.9. The van der Waals surface area contributed by atoms with Crippen molar-refractivity contribution in [3.63, 3.8) is 0 Å². The molecular weight excluding hydrogens is 342 g/mol. The summed E-state index contributed by atoms with van der Waals surface area (Å²) < 4.78 is 5.77. The number of ether oxygens (including phenoxy) is 1. The molecule has 0 aliphatic heterocycles. The summed E-state index contributed by atoms with van der Waals surface area (Å²) in [6, 6.07) is 0. The SMILES string of the molecule is CCCCCCCCCCCC[N+](C)(C)CC(=O)OCC.[Br-]. The number of nitrogens with zero attached hydrogens (tertiary/aromatic N) is 1. The summed E-state index contributed by atoms with van der Waals surface area (Å²) in [6.45, 7) is 6.17. The molecule has 4 heteroatoms. The van der Waals surface area contributed by atoms with Gasteiger partial charge in [-0.2, -0.15) is 0 Å². The van der Waals surface area contributed by atoms with Crippen molar-refractivity contribution in [1.82, 2.24) is 0 Å². The van der Waals surface area contributed by atoms with Crippen LogP contribution in [0.2, 0.25) is 0 Å². The van der Waals surface area contributed by atoms with Crippen molar-refractivity contribution in [3.8, 4) is 0 Å². The van der Waals surface area contributed by atoms with Crippen LogP contribution in [0.3, 0.4) is 0 Å². The van der Waals surface area contributed by atoms with Crippen LogP contribution in [0.25, 0.3) is 0 Å². The molecule has 134 valence electrons. The average molecular weight is 380 g/mol. The summed E-state index contributed by atoms with van der Waals surface area (Å²) in [5.41, 5.74) is 0. The molecule has 0 aromatic heterocycles. The number of hydrogen-bond donors (Lipinski definition) is 0. The Hall–Kier alpha value is -0.0900. The Bertz CT molecular complexity index is 257. The molecule has 0 rings (SSSR count). The van der Waals surface area contributed by atoms with E-state index in [-0.39, 0.29) is 23.0 Å². The molecule has 0 aliphatic carbocycles. The van der Waals surface area contributed by atoms with E-state index in [1.54, 1.807) is 0 Å². The molecule has 0 unspecified atom stereocenters. The molecule has 0 spiro atoms. The Morgan fingerprint density at radius 2 is 1.27 bits per heavy atom. The van der Waals surface area contributed by atoms with Crippen molar-refractivity contribution < 1.29 is 31.0 Å². The van der Waals surface area contributed by atoms with Crippen molar-refractivity contribution in [1.29, 1.82) is 0 Å². The summed E-state index contributed by atoms with van der Waals surface area (Å²) in [5.74, 6) is -0.0745. The van der Waals surface area contributed by atoms with Crippen LogP contribution in [0.5, 0.6) is 0 Å². The van der Waals surface area contributed by atoms with Crippen molar-refractivity contribution in [2.45, 2.75) is 78.1 Å². The third-order valence-corrected chi connectivity index (χ3v) is 3.98. The van der Waals surface area contributed by atoms with Crippen molar-refractivity contribution in [2.75, 3.05) is 33.8 Å². The van der Waals surface area contributed by atoms with E-state index in [0.717, 1.165) is 11.0 Å². The standard InChI is InChI=1S/C18H38NO2.BrH/c1-5-7-8-9-10-11-12-13-14-15-16-19(3,4)17-18(20)21-6-2;/h5-17H2,1-4H3;1H/q+1;/p-1. The summed E-state index contributed by atoms with van der Waals surface area (Å²) in [4.78, 5) is 11.5. The summed E-state index contributed by atoms with van der Waals surface area (Å²) >= 11 is 0. The lowest BCUT2D eigenvalue weighted by atomic mass is 10.1. The highest BCUT2D eigenvalue weighted by Gasteiger charge is 2.20. The molecule has 0 saturated heterocycles. The fourth-order valence-corrected chi connectivity index (χ4v) is 2.66. The van der Waals surface area contributed by atoms with Gasteiger partial charge in [-0.05, 0) is 19.8 Å². The van der Waals surface area contributed by atoms with Crippen molar-refractivity contribution in [3.05, 3.63) is 0 Å². The molecule has 0 aromatic rings. The number of quaternary nitrogens is 1. The second-order valence-corrected chi connectivity index (χ2v) is 6.80. The minimum atomic E-state index is -0.0745. The van der Waals surface area contributed by atoms with Gasteiger partial charge in [0.2, 0.25) is 0 Å². The molecule has 0 bridgehead atoms. The lowest BCUT2D eigenvalue weighted by Crippen LogP contribution is -3.00. The fourth-order valence-electron chi connectivity index (χ4n) is 2.66. The molecule has 0 radical (unpaired) electrons. The van der Waals surface area contributed by atoms with Gasteiger partial charge in [-0.3, -0.25) is 0 Å². The van der Waals surface area contributed by atoms with Gasteiger partial charge in [-0.15, -0.1) is 0 Å². The maximum absolute atomic E-state index is 11.5. The number of rotatable bonds is 14. The first kappa shape index (κ1) is 24.2. The number of likely N-dealkylation sites (N-methyl/N-ethyl adjacent to an activating group) is 1. The highest BCUT2D eigenvalue weighted by Crippen LogP contribution is 2.11. The zero-order valence-electron chi connectivity index (χ0n) is 15.3. The van der Waals surface area contributed by atoms with Crippen LogP contribution < -0.4 is 17.0 Å². The van der Waals surface area contributed by atoms with Crippen molar-refractivity contribution >= 4 is 5.97 Å². The third-order valence-electron chi connectivity index (χ3n) is 3.98. The maximum atomic E-state index is 11.5. The van der Waals surface area contributed by atoms with E-state index in [9.17, 15) is 4.79 Å². The normalized spacial score (nSPS) is 11.1. The molecule has 0 aliphatic rings. The molecule has 0 fully saturated rings. The molecule has 3 nitrogen and oxygen atoms in total. The Morgan fingerprint density at radius 1 is 0.818 bits per heavy atom. The van der Waals surface area contributed by atoms with Gasteiger partial charge in [0.1, 0.15) is 0 Å². The first-order valence-electron chi connectivity index (χ1n) is 8.99. The molecule has 0 aromatic carbocycles. The number of esters is 1. The molecule has 0 saturated carbocycles. The van der Waals surface area contributed by atoms with Crippen LogP contribution in [0.1, 0.15) is 78.1 Å². The van der Waals surface area contributed by atoms with Crippen molar-refractivity contribution in [2.24, 2.45) is 0 Å². The van der Waals surface area contributed by atoms with E-state index in [1.165, 1.54) is 64.2 Å². The number of hydrogen-bond acceptors (Lipinski definition) is 2. The number of carbonyl (C=O) groups excluding carboxylic acids is 1. The van der Waals surface area contributed by atoms with Crippen LogP contribution in [0, 0.1) is 0 Å². The first-order valence-corrected chi connectivity index (χ1v) is 8.99. The maximum Gasteiger partial charge on any atom is 0.361 e. The van der Waals surface area contributed by atoms with Gasteiger partial charge in [0.15, 0.2) is 6.54 Å². The molecule has 0 atom stereocenters. The topological polar surface area (TPSA) is 26.3 Å². The molecule has 0 N–H and O–H groups in total. The lowest BCUT2D eigenvalue weighted by molar-refractivity contribution is -0.883. The number of halogens is 1. The smallest absolute Gasteiger partial charge is 0.361 e. The Morgan fingerprint density at radius 3 is 1.73 bits per heavy atom. The van der Waals surface area contributed by atoms with Crippen LogP contribution in [0.15, 0.2) is 0 Å². The predicted octanol–water partition coefficient (Wildman–Crippen LogP) is 1.55. The second-order valence-electron chi connectivity index (χ2n) is 6.80. The molecule has 22 heavy (non-hydrogen) atoms. The highest BCUT2D eigenvalue weighted by atomic mass is 79.9. The lowest BCUT2D eigenvalue weighted by Gasteiger charge is -2.28. The van der Waals surface area contributed by atoms with Gasteiger partial charge < -0.3 is 26.2 Å². The van der Waals surface area contributed by atoms with E-state index < -0.39 is 0 Å². The van der Waals surface area contributed by atoms with Gasteiger partial charge in [0, 0.05) is 0 Å². The Labute approximate surface area is 149 Å². The van der Waals surface area contributed by atoms with Crippen LogP contribution in [0.4, 0.5) is 0 Å². The highest BCUT2D eigenvalue weighted by molar-refractivity contribution is 5.70. The second kappa shape index (κ2) is 15.8. The van der Waals surface area contributed by atoms with E-state index in [0.29, 0.717) is 13.2 Å². The Balaban J connectivity index is 0. The van der Waals surface area contributed by atoms with Gasteiger partial charge in [0.25, 0.3) is 0 Å². The summed E-state index contributed by atoms with van der Waals surface area (Å²) in [6.07, 6.45) is 13.6. The third kappa shape index (κ3) is 16.3. The number of unbranched alkanes of at least 4 members (excludes halogenated alkanes) is 9. The van der Waals surface area contributed by atoms with Gasteiger partial charge in [-0.25, -0.2) is 4.79 Å². The number of carbonyl (C=O) groups is 1. The quantitative estimate of drug-likeness (QED) is 0.260. The molecule has 0 heterocycles. The fraction of sp³-hybridized carbons (Fsp3) is 0.944. The summed E-state index contributed by atoms with van der Waals surface area (Å²) in [7, 11) is 4.23. The molecular formula is C18H38BrNO2. The van der Waals surface area contributed by atoms with E-state index in [1.807, 2.05) is 6.92 Å². The minimum Gasteiger partial charge on any atom is -1.00 e.